The summed E-state index contributed by atoms with van der Waals surface area (Å²) >= 11 is 0. The van der Waals surface area contributed by atoms with Crippen molar-refractivity contribution in [3.05, 3.63) is 0 Å². The Kier molecular flexibility index (Phi) is 5.05. The minimum atomic E-state index is 0.590. The maximum atomic E-state index is 5.70. The molecule has 1 heterocycles. The number of rotatable bonds is 5. The average molecular weight is 254 g/mol. The van der Waals surface area contributed by atoms with E-state index in [1.54, 1.807) is 0 Å². The van der Waals surface area contributed by atoms with Crippen LogP contribution in [0.1, 0.15) is 47.0 Å². The van der Waals surface area contributed by atoms with Crippen molar-refractivity contribution in [3.63, 3.8) is 0 Å². The van der Waals surface area contributed by atoms with Gasteiger partial charge in [0.1, 0.15) is 0 Å². The van der Waals surface area contributed by atoms with Gasteiger partial charge in [0.2, 0.25) is 0 Å². The molecule has 1 saturated carbocycles. The predicted molar refractivity (Wildman–Crippen MR) is 75.3 cm³/mol. The summed E-state index contributed by atoms with van der Waals surface area (Å²) in [4.78, 5) is 8.35. The van der Waals surface area contributed by atoms with Crippen molar-refractivity contribution in [3.8, 4) is 0 Å². The minimum Gasteiger partial charge on any atom is -0.301 e. The van der Waals surface area contributed by atoms with Crippen molar-refractivity contribution >= 4 is 0 Å². The van der Waals surface area contributed by atoms with Crippen LogP contribution in [0.5, 0.6) is 0 Å². The summed E-state index contributed by atoms with van der Waals surface area (Å²) in [5.74, 6) is 2.17. The monoisotopic (exact) mass is 254 g/mol. The predicted octanol–water partition coefficient (Wildman–Crippen LogP) is 2.67. The molecule has 0 aromatic carbocycles. The van der Waals surface area contributed by atoms with E-state index in [1.807, 2.05) is 0 Å². The average Bonchev–Trinajstić information content (AvgIpc) is 2.27. The zero-order valence-corrected chi connectivity index (χ0v) is 12.5. The van der Waals surface area contributed by atoms with Crippen LogP contribution in [0.25, 0.3) is 0 Å². The zero-order chi connectivity index (χ0) is 13.1. The molecule has 0 aromatic heterocycles. The van der Waals surface area contributed by atoms with Crippen LogP contribution in [-0.4, -0.2) is 36.7 Å². The molecule has 1 aliphatic heterocycles. The molecule has 0 amide bonds. The van der Waals surface area contributed by atoms with Gasteiger partial charge in [-0.05, 0) is 44.4 Å². The Bertz CT molecular complexity index is 241. The Morgan fingerprint density at radius 3 is 2.22 bits per heavy atom. The van der Waals surface area contributed by atoms with Crippen molar-refractivity contribution in [1.82, 2.24) is 10.4 Å². The van der Waals surface area contributed by atoms with Gasteiger partial charge < -0.3 is 9.74 Å². The smallest absolute Gasteiger partial charge is 0.0705 e. The van der Waals surface area contributed by atoms with Crippen LogP contribution in [0.3, 0.4) is 0 Å². The molecule has 106 valence electrons. The molecule has 2 rings (SSSR count). The van der Waals surface area contributed by atoms with Crippen LogP contribution in [0.2, 0.25) is 0 Å². The number of fused-ring (bicyclic) bond motifs is 2. The van der Waals surface area contributed by atoms with Crippen molar-refractivity contribution in [1.29, 1.82) is 0 Å². The molecule has 0 aromatic rings. The van der Waals surface area contributed by atoms with Crippen LogP contribution >= 0.6 is 0 Å². The highest BCUT2D eigenvalue weighted by molar-refractivity contribution is 4.94. The van der Waals surface area contributed by atoms with Gasteiger partial charge in [-0.2, -0.15) is 5.48 Å². The number of hydrogen-bond donors (Lipinski definition) is 1. The molecule has 3 nitrogen and oxygen atoms in total. The number of nitrogens with one attached hydrogen (secondary N) is 1. The molecular formula is C15H30N2O. The fraction of sp³-hybridized carbons (Fsp3) is 1.00. The molecule has 3 heteroatoms. The van der Waals surface area contributed by atoms with E-state index in [1.165, 1.54) is 32.4 Å². The zero-order valence-electron chi connectivity index (χ0n) is 12.5. The van der Waals surface area contributed by atoms with Crippen molar-refractivity contribution in [2.75, 3.05) is 19.7 Å². The van der Waals surface area contributed by atoms with Crippen LogP contribution in [0, 0.1) is 17.8 Å². The van der Waals surface area contributed by atoms with E-state index in [9.17, 15) is 0 Å². The van der Waals surface area contributed by atoms with E-state index >= 15 is 0 Å². The summed E-state index contributed by atoms with van der Waals surface area (Å²) in [6, 6.07) is 1.28. The van der Waals surface area contributed by atoms with Gasteiger partial charge in [0.25, 0.3) is 0 Å². The first kappa shape index (κ1) is 14.3. The fourth-order valence-electron chi connectivity index (χ4n) is 3.40. The van der Waals surface area contributed by atoms with Gasteiger partial charge in [-0.25, -0.2) is 0 Å². The van der Waals surface area contributed by atoms with Crippen LogP contribution < -0.4 is 5.48 Å². The van der Waals surface area contributed by atoms with Crippen molar-refractivity contribution < 1.29 is 4.84 Å². The first-order valence-corrected chi connectivity index (χ1v) is 7.69. The summed E-state index contributed by atoms with van der Waals surface area (Å²) in [7, 11) is 0. The second-order valence-electron chi connectivity index (χ2n) is 6.85. The summed E-state index contributed by atoms with van der Waals surface area (Å²) < 4.78 is 0. The Morgan fingerprint density at radius 2 is 1.72 bits per heavy atom. The summed E-state index contributed by atoms with van der Waals surface area (Å²) in [5.41, 5.74) is 3.39. The SMILES string of the molecule is CC(C)CONC1C2CCCC1CN(C(C)C)C2. The van der Waals surface area contributed by atoms with Gasteiger partial charge in [0.15, 0.2) is 0 Å². The Balaban J connectivity index is 1.87. The standard InChI is InChI=1S/C15H30N2O/c1-11(2)10-18-16-15-13-6-5-7-14(15)9-17(8-13)12(3)4/h11-16H,5-10H2,1-4H3. The van der Waals surface area contributed by atoms with Gasteiger partial charge in [-0.1, -0.05) is 20.3 Å². The second-order valence-corrected chi connectivity index (χ2v) is 6.85. The highest BCUT2D eigenvalue weighted by Crippen LogP contribution is 2.35. The second kappa shape index (κ2) is 6.36. The number of piperidine rings is 1. The third-order valence-corrected chi connectivity index (χ3v) is 4.47. The molecule has 2 bridgehead atoms. The molecule has 2 unspecified atom stereocenters. The molecule has 2 aliphatic rings. The maximum absolute atomic E-state index is 5.70. The van der Waals surface area contributed by atoms with Gasteiger partial charge >= 0.3 is 0 Å². The summed E-state index contributed by atoms with van der Waals surface area (Å²) in [5, 5.41) is 0. The lowest BCUT2D eigenvalue weighted by Crippen LogP contribution is -2.58. The summed E-state index contributed by atoms with van der Waals surface area (Å²) in [6.07, 6.45) is 4.13. The third kappa shape index (κ3) is 3.46. The van der Waals surface area contributed by atoms with E-state index in [-0.39, 0.29) is 0 Å². The number of hydroxylamine groups is 1. The van der Waals surface area contributed by atoms with Crippen molar-refractivity contribution in [2.45, 2.75) is 59.0 Å². The van der Waals surface area contributed by atoms with Gasteiger partial charge in [-0.3, -0.25) is 0 Å². The molecule has 2 atom stereocenters. The van der Waals surface area contributed by atoms with Crippen molar-refractivity contribution in [2.24, 2.45) is 17.8 Å². The molecule has 1 saturated heterocycles. The number of nitrogens with zero attached hydrogens (tertiary/aromatic N) is 1. The molecule has 1 aliphatic carbocycles. The van der Waals surface area contributed by atoms with E-state index in [0.717, 1.165) is 18.4 Å². The van der Waals surface area contributed by atoms with Crippen LogP contribution in [0.15, 0.2) is 0 Å². The normalized spacial score (nSPS) is 33.3. The molecule has 1 N–H and O–H groups in total. The highest BCUT2D eigenvalue weighted by atomic mass is 16.6. The lowest BCUT2D eigenvalue weighted by Gasteiger charge is -2.48. The Hall–Kier alpha value is -0.120. The molecule has 0 spiro atoms. The molecule has 0 radical (unpaired) electrons. The minimum absolute atomic E-state index is 0.590. The lowest BCUT2D eigenvalue weighted by molar-refractivity contribution is -0.0707. The van der Waals surface area contributed by atoms with E-state index in [2.05, 4.69) is 38.1 Å². The van der Waals surface area contributed by atoms with E-state index < -0.39 is 0 Å². The molecule has 2 fully saturated rings. The fourth-order valence-corrected chi connectivity index (χ4v) is 3.40. The quantitative estimate of drug-likeness (QED) is 0.763. The number of hydrogen-bond acceptors (Lipinski definition) is 3. The Morgan fingerprint density at radius 1 is 1.11 bits per heavy atom. The van der Waals surface area contributed by atoms with E-state index in [0.29, 0.717) is 18.0 Å². The van der Waals surface area contributed by atoms with Gasteiger partial charge in [0, 0.05) is 25.2 Å². The largest absolute Gasteiger partial charge is 0.301 e. The first-order chi connectivity index (χ1) is 8.58. The molecular weight excluding hydrogens is 224 g/mol. The Labute approximate surface area is 112 Å². The van der Waals surface area contributed by atoms with E-state index in [4.69, 9.17) is 4.84 Å². The maximum Gasteiger partial charge on any atom is 0.0705 e. The lowest BCUT2D eigenvalue weighted by atomic mass is 9.73. The first-order valence-electron chi connectivity index (χ1n) is 7.69. The summed E-state index contributed by atoms with van der Waals surface area (Å²) in [6.45, 7) is 12.4. The van der Waals surface area contributed by atoms with Gasteiger partial charge in [-0.15, -0.1) is 0 Å². The molecule has 18 heavy (non-hydrogen) atoms. The number of likely N-dealkylation sites (tertiary alicyclic amines) is 1. The van der Waals surface area contributed by atoms with Gasteiger partial charge in [0.05, 0.1) is 6.61 Å². The van der Waals surface area contributed by atoms with Crippen LogP contribution in [-0.2, 0) is 4.84 Å². The highest BCUT2D eigenvalue weighted by Gasteiger charge is 2.40. The van der Waals surface area contributed by atoms with Crippen LogP contribution in [0.4, 0.5) is 0 Å². The third-order valence-electron chi connectivity index (χ3n) is 4.47. The topological polar surface area (TPSA) is 24.5 Å².